The molecule has 2 rings (SSSR count). The lowest BCUT2D eigenvalue weighted by Gasteiger charge is -2.21. The van der Waals surface area contributed by atoms with Gasteiger partial charge in [-0.15, -0.1) is 0 Å². The molecule has 1 aliphatic heterocycles. The summed E-state index contributed by atoms with van der Waals surface area (Å²) >= 11 is 3.43. The molecule has 1 aromatic rings. The average molecular weight is 252 g/mol. The van der Waals surface area contributed by atoms with Crippen molar-refractivity contribution in [2.75, 3.05) is 6.61 Å². The van der Waals surface area contributed by atoms with Crippen molar-refractivity contribution in [3.63, 3.8) is 0 Å². The molecule has 0 radical (unpaired) electrons. The van der Waals surface area contributed by atoms with E-state index in [0.29, 0.717) is 6.61 Å². The van der Waals surface area contributed by atoms with E-state index in [9.17, 15) is 0 Å². The Morgan fingerprint density at radius 3 is 2.93 bits per heavy atom. The zero-order valence-electron chi connectivity index (χ0n) is 7.72. The van der Waals surface area contributed by atoms with E-state index in [1.54, 1.807) is 0 Å². The maximum atomic E-state index is 5.52. The third-order valence-corrected chi connectivity index (χ3v) is 2.90. The first-order valence-electron chi connectivity index (χ1n) is 4.34. The third-order valence-electron chi connectivity index (χ3n) is 2.26. The first kappa shape index (κ1) is 9.46. The van der Waals surface area contributed by atoms with Gasteiger partial charge in [0.25, 0.3) is 0 Å². The van der Waals surface area contributed by atoms with Gasteiger partial charge in [-0.2, -0.15) is 0 Å². The van der Waals surface area contributed by atoms with Crippen LogP contribution in [0.15, 0.2) is 28.2 Å². The van der Waals surface area contributed by atoms with Crippen LogP contribution in [0.25, 0.3) is 5.57 Å². The monoisotopic (exact) mass is 251 g/mol. The van der Waals surface area contributed by atoms with Crippen molar-refractivity contribution in [1.82, 2.24) is 0 Å². The molecule has 0 fully saturated rings. The van der Waals surface area contributed by atoms with Crippen molar-refractivity contribution in [1.29, 1.82) is 0 Å². The molecule has 0 spiro atoms. The fourth-order valence-electron chi connectivity index (χ4n) is 1.57. The van der Waals surface area contributed by atoms with E-state index in [1.165, 1.54) is 0 Å². The van der Waals surface area contributed by atoms with E-state index in [-0.39, 0.29) is 0 Å². The maximum absolute atomic E-state index is 5.52. The second kappa shape index (κ2) is 3.58. The molecule has 0 saturated carbocycles. The summed E-state index contributed by atoms with van der Waals surface area (Å²) < 4.78 is 6.45. The van der Waals surface area contributed by atoms with Crippen LogP contribution in [0, 0.1) is 0 Å². The third kappa shape index (κ3) is 1.38. The minimum absolute atomic E-state index is 0.698. The molecule has 1 aliphatic rings. The zero-order chi connectivity index (χ0) is 10.1. The fourth-order valence-corrected chi connectivity index (χ4v) is 2.03. The van der Waals surface area contributed by atoms with Gasteiger partial charge in [-0.1, -0.05) is 6.58 Å². The lowest BCUT2D eigenvalue weighted by atomic mass is 10.00. The molecule has 0 saturated heterocycles. The Bertz CT molecular complexity index is 412. The number of hydrogen-bond donors (Lipinski definition) is 0. The van der Waals surface area contributed by atoms with Crippen LogP contribution in [-0.2, 0) is 0 Å². The highest BCUT2D eigenvalue weighted by atomic mass is 79.9. The Balaban J connectivity index is 2.69. The second-order valence-corrected chi connectivity index (χ2v) is 3.98. The number of aliphatic imine (C=N–C) groups is 1. The van der Waals surface area contributed by atoms with E-state index >= 15 is 0 Å². The number of fused-ring (bicyclic) bond motifs is 1. The fraction of sp³-hybridized carbons (Fsp3) is 0.182. The van der Waals surface area contributed by atoms with Gasteiger partial charge in [-0.05, 0) is 40.4 Å². The summed E-state index contributed by atoms with van der Waals surface area (Å²) in [5.41, 5.74) is 2.88. The van der Waals surface area contributed by atoms with E-state index in [2.05, 4.69) is 34.2 Å². The molecule has 0 aliphatic carbocycles. The zero-order valence-corrected chi connectivity index (χ0v) is 9.30. The predicted octanol–water partition coefficient (Wildman–Crippen LogP) is 3.58. The highest BCUT2D eigenvalue weighted by Crippen LogP contribution is 2.42. The van der Waals surface area contributed by atoms with Gasteiger partial charge in [-0.25, -0.2) is 0 Å². The van der Waals surface area contributed by atoms with Crippen LogP contribution in [0.3, 0.4) is 0 Å². The van der Waals surface area contributed by atoms with Gasteiger partial charge >= 0.3 is 0 Å². The lowest BCUT2D eigenvalue weighted by molar-refractivity contribution is 0.317. The highest BCUT2D eigenvalue weighted by molar-refractivity contribution is 9.10. The first-order chi connectivity index (χ1) is 6.74. The van der Waals surface area contributed by atoms with Gasteiger partial charge in [0.05, 0.1) is 12.3 Å². The largest absolute Gasteiger partial charge is 0.493 e. The summed E-state index contributed by atoms with van der Waals surface area (Å²) in [5.74, 6) is 0.854. The Morgan fingerprint density at radius 1 is 1.43 bits per heavy atom. The molecule has 14 heavy (non-hydrogen) atoms. The molecule has 3 heteroatoms. The van der Waals surface area contributed by atoms with Gasteiger partial charge in [0, 0.05) is 16.5 Å². The summed E-state index contributed by atoms with van der Waals surface area (Å²) in [7, 11) is 0. The molecular weight excluding hydrogens is 242 g/mol. The van der Waals surface area contributed by atoms with Crippen molar-refractivity contribution in [3.8, 4) is 5.75 Å². The van der Waals surface area contributed by atoms with Crippen molar-refractivity contribution in [3.05, 3.63) is 28.7 Å². The Hall–Kier alpha value is -1.09. The van der Waals surface area contributed by atoms with Crippen LogP contribution < -0.4 is 4.74 Å². The molecule has 0 aromatic heterocycles. The Kier molecular flexibility index (Phi) is 2.42. The maximum Gasteiger partial charge on any atom is 0.129 e. The van der Waals surface area contributed by atoms with Crippen molar-refractivity contribution >= 4 is 33.9 Å². The van der Waals surface area contributed by atoms with Crippen LogP contribution >= 0.6 is 15.9 Å². The van der Waals surface area contributed by atoms with Gasteiger partial charge in [0.15, 0.2) is 0 Å². The number of halogens is 1. The molecule has 2 nitrogen and oxygen atoms in total. The van der Waals surface area contributed by atoms with Crippen molar-refractivity contribution < 1.29 is 4.74 Å². The molecule has 1 aromatic carbocycles. The van der Waals surface area contributed by atoms with Crippen LogP contribution in [0.2, 0.25) is 0 Å². The number of rotatable bonds is 1. The number of hydrogen-bond acceptors (Lipinski definition) is 2. The number of nitrogens with zero attached hydrogens (tertiary/aromatic N) is 1. The second-order valence-electron chi connectivity index (χ2n) is 3.13. The van der Waals surface area contributed by atoms with E-state index < -0.39 is 0 Å². The molecule has 72 valence electrons. The van der Waals surface area contributed by atoms with Gasteiger partial charge in [0.2, 0.25) is 0 Å². The summed E-state index contributed by atoms with van der Waals surface area (Å²) in [5, 5.41) is 0. The summed E-state index contributed by atoms with van der Waals surface area (Å²) in [4.78, 5) is 4.00. The molecular formula is C11H10BrNO. The van der Waals surface area contributed by atoms with Gasteiger partial charge in [-0.3, -0.25) is 4.99 Å². The highest BCUT2D eigenvalue weighted by Gasteiger charge is 2.18. The SMILES string of the molecule is C=Nc1c(Br)ccc2c1C(=C)CCO2. The van der Waals surface area contributed by atoms with E-state index in [1.807, 2.05) is 12.1 Å². The number of benzene rings is 1. The standard InChI is InChI=1S/C11H10BrNO/c1-7-5-6-14-9-4-3-8(12)11(13-2)10(7)9/h3-4H,1-2,5-6H2. The van der Waals surface area contributed by atoms with Crippen LogP contribution in [0.5, 0.6) is 5.75 Å². The first-order valence-corrected chi connectivity index (χ1v) is 5.13. The number of ether oxygens (including phenoxy) is 1. The molecule has 1 heterocycles. The molecule has 0 bridgehead atoms. The molecule has 0 atom stereocenters. The smallest absolute Gasteiger partial charge is 0.129 e. The molecule has 0 N–H and O–H groups in total. The van der Waals surface area contributed by atoms with Crippen LogP contribution in [0.1, 0.15) is 12.0 Å². The molecule has 0 amide bonds. The molecule has 0 unspecified atom stereocenters. The summed E-state index contributed by atoms with van der Waals surface area (Å²) in [6.45, 7) is 8.27. The van der Waals surface area contributed by atoms with Gasteiger partial charge < -0.3 is 4.74 Å². The van der Waals surface area contributed by atoms with Crippen LogP contribution in [-0.4, -0.2) is 13.3 Å². The van der Waals surface area contributed by atoms with Crippen molar-refractivity contribution in [2.45, 2.75) is 6.42 Å². The Labute approximate surface area is 91.4 Å². The van der Waals surface area contributed by atoms with Gasteiger partial charge in [0.1, 0.15) is 5.75 Å². The topological polar surface area (TPSA) is 21.6 Å². The van der Waals surface area contributed by atoms with Crippen molar-refractivity contribution in [2.24, 2.45) is 4.99 Å². The van der Waals surface area contributed by atoms with Crippen LogP contribution in [0.4, 0.5) is 5.69 Å². The summed E-state index contributed by atoms with van der Waals surface area (Å²) in [6, 6.07) is 3.85. The van der Waals surface area contributed by atoms with E-state index in [4.69, 9.17) is 4.74 Å². The Morgan fingerprint density at radius 2 is 2.21 bits per heavy atom. The minimum atomic E-state index is 0.698. The summed E-state index contributed by atoms with van der Waals surface area (Å²) in [6.07, 6.45) is 0.853. The predicted molar refractivity (Wildman–Crippen MR) is 62.5 cm³/mol. The quantitative estimate of drug-likeness (QED) is 0.700. The normalized spacial score (nSPS) is 14.5. The minimum Gasteiger partial charge on any atom is -0.493 e. The average Bonchev–Trinajstić information content (AvgIpc) is 2.19. The lowest BCUT2D eigenvalue weighted by Crippen LogP contribution is -2.07. The van der Waals surface area contributed by atoms with E-state index in [0.717, 1.165) is 33.5 Å².